The van der Waals surface area contributed by atoms with Crippen molar-refractivity contribution in [3.63, 3.8) is 0 Å². The van der Waals surface area contributed by atoms with Crippen LogP contribution in [0.1, 0.15) is 27.2 Å². The Morgan fingerprint density at radius 1 is 1.60 bits per heavy atom. The number of rotatable bonds is 3. The van der Waals surface area contributed by atoms with Crippen LogP contribution in [-0.2, 0) is 14.4 Å². The fraction of sp³-hybridized carbons (Fsp3) is 0.889. The van der Waals surface area contributed by atoms with Crippen molar-refractivity contribution in [3.05, 3.63) is 0 Å². The molecule has 0 bridgehead atoms. The van der Waals surface area contributed by atoms with Crippen molar-refractivity contribution < 1.29 is 23.1 Å². The Balaban J connectivity index is 2.28. The molecule has 0 aromatic rings. The molecule has 0 aromatic heterocycles. The second kappa shape index (κ2) is 4.02. The van der Waals surface area contributed by atoms with Gasteiger partial charge in [-0.25, -0.2) is 4.79 Å². The zero-order valence-electron chi connectivity index (χ0n) is 8.97. The lowest BCUT2D eigenvalue weighted by molar-refractivity contribution is -0.159. The number of hydrogen-bond acceptors (Lipinski definition) is 4. The van der Waals surface area contributed by atoms with Crippen LogP contribution in [-0.4, -0.2) is 30.1 Å². The van der Waals surface area contributed by atoms with Gasteiger partial charge in [0.1, 0.15) is 6.10 Å². The van der Waals surface area contributed by atoms with Crippen LogP contribution in [0.5, 0.6) is 0 Å². The summed E-state index contributed by atoms with van der Waals surface area (Å²) < 4.78 is 29.9. The van der Waals surface area contributed by atoms with E-state index in [1.807, 2.05) is 20.8 Å². The van der Waals surface area contributed by atoms with E-state index in [2.05, 4.69) is 10.2 Å². The highest BCUT2D eigenvalue weighted by Gasteiger charge is 2.50. The number of halogens is 2. The number of carbonyl (C=O) groups is 1. The standard InChI is InChI=1S/C9H15F2NO3/c1-8(2,3)15-12-5-6-4-9(10,11)7(13)14-6/h6,12H,4-5H2,1-3H3. The summed E-state index contributed by atoms with van der Waals surface area (Å²) in [5.41, 5.74) is 2.10. The van der Waals surface area contributed by atoms with Crippen LogP contribution >= 0.6 is 0 Å². The first-order chi connectivity index (χ1) is 6.71. The molecular weight excluding hydrogens is 208 g/mol. The van der Waals surface area contributed by atoms with E-state index >= 15 is 0 Å². The molecule has 0 aromatic carbocycles. The van der Waals surface area contributed by atoms with E-state index in [-0.39, 0.29) is 6.54 Å². The molecule has 4 nitrogen and oxygen atoms in total. The summed E-state index contributed by atoms with van der Waals surface area (Å²) in [5.74, 6) is -4.81. The molecule has 1 heterocycles. The van der Waals surface area contributed by atoms with Gasteiger partial charge in [0.25, 0.3) is 0 Å². The zero-order valence-corrected chi connectivity index (χ0v) is 8.97. The molecule has 1 N–H and O–H groups in total. The van der Waals surface area contributed by atoms with Crippen molar-refractivity contribution in [2.75, 3.05) is 6.54 Å². The SMILES string of the molecule is CC(C)(C)ONCC1CC(F)(F)C(=O)O1. The molecule has 88 valence electrons. The molecule has 1 unspecified atom stereocenters. The largest absolute Gasteiger partial charge is 0.456 e. The summed E-state index contributed by atoms with van der Waals surface area (Å²) >= 11 is 0. The average Bonchev–Trinajstić information content (AvgIpc) is 2.23. The number of cyclic esters (lactones) is 1. The smallest absolute Gasteiger partial charge is 0.377 e. The second-order valence-electron chi connectivity index (χ2n) is 4.50. The molecule has 0 saturated carbocycles. The molecule has 0 aliphatic carbocycles. The Bertz CT molecular complexity index is 250. The Hall–Kier alpha value is -0.750. The summed E-state index contributed by atoms with van der Waals surface area (Å²) in [6.07, 6.45) is -1.42. The van der Waals surface area contributed by atoms with Gasteiger partial charge in [-0.3, -0.25) is 4.84 Å². The molecular formula is C9H15F2NO3. The van der Waals surface area contributed by atoms with Crippen molar-refractivity contribution >= 4 is 5.97 Å². The number of hydrogen-bond donors (Lipinski definition) is 1. The van der Waals surface area contributed by atoms with E-state index in [9.17, 15) is 13.6 Å². The summed E-state index contributed by atoms with van der Waals surface area (Å²) in [6.45, 7) is 5.51. The van der Waals surface area contributed by atoms with E-state index < -0.39 is 30.0 Å². The molecule has 15 heavy (non-hydrogen) atoms. The van der Waals surface area contributed by atoms with Gasteiger partial charge in [-0.2, -0.15) is 14.3 Å². The van der Waals surface area contributed by atoms with Gasteiger partial charge >= 0.3 is 11.9 Å². The number of esters is 1. The summed E-state index contributed by atoms with van der Waals surface area (Å²) in [7, 11) is 0. The lowest BCUT2D eigenvalue weighted by Gasteiger charge is -2.20. The van der Waals surface area contributed by atoms with Gasteiger partial charge in [0, 0.05) is 0 Å². The summed E-state index contributed by atoms with van der Waals surface area (Å²) in [4.78, 5) is 15.7. The summed E-state index contributed by atoms with van der Waals surface area (Å²) in [6, 6.07) is 0. The first kappa shape index (κ1) is 12.3. The second-order valence-corrected chi connectivity index (χ2v) is 4.50. The topological polar surface area (TPSA) is 47.6 Å². The van der Waals surface area contributed by atoms with Crippen LogP contribution in [0.4, 0.5) is 8.78 Å². The minimum absolute atomic E-state index is 0.0681. The number of ether oxygens (including phenoxy) is 1. The number of alkyl halides is 2. The van der Waals surface area contributed by atoms with Gasteiger partial charge in [-0.05, 0) is 20.8 Å². The Morgan fingerprint density at radius 2 is 2.20 bits per heavy atom. The third kappa shape index (κ3) is 3.71. The Kier molecular flexibility index (Phi) is 3.30. The van der Waals surface area contributed by atoms with E-state index in [1.165, 1.54) is 0 Å². The molecule has 1 aliphatic heterocycles. The molecule has 0 radical (unpaired) electrons. The van der Waals surface area contributed by atoms with Gasteiger partial charge in [0.05, 0.1) is 18.6 Å². The van der Waals surface area contributed by atoms with Crippen LogP contribution in [0, 0.1) is 0 Å². The van der Waals surface area contributed by atoms with E-state index in [1.54, 1.807) is 0 Å². The molecule has 0 spiro atoms. The molecule has 1 saturated heterocycles. The molecule has 0 amide bonds. The van der Waals surface area contributed by atoms with Crippen molar-refractivity contribution in [3.8, 4) is 0 Å². The predicted molar refractivity (Wildman–Crippen MR) is 48.3 cm³/mol. The highest BCUT2D eigenvalue weighted by Crippen LogP contribution is 2.30. The molecule has 1 aliphatic rings. The minimum Gasteiger partial charge on any atom is -0.456 e. The van der Waals surface area contributed by atoms with Gasteiger partial charge in [-0.1, -0.05) is 0 Å². The fourth-order valence-electron chi connectivity index (χ4n) is 1.11. The van der Waals surface area contributed by atoms with Crippen LogP contribution in [0.15, 0.2) is 0 Å². The van der Waals surface area contributed by atoms with Gasteiger partial charge in [0.15, 0.2) is 0 Å². The number of hydroxylamine groups is 1. The molecule has 1 atom stereocenters. The average molecular weight is 223 g/mol. The number of carbonyl (C=O) groups excluding carboxylic acids is 1. The van der Waals surface area contributed by atoms with Crippen LogP contribution in [0.2, 0.25) is 0 Å². The van der Waals surface area contributed by atoms with Crippen molar-refractivity contribution in [2.45, 2.75) is 44.8 Å². The zero-order chi connectivity index (χ0) is 11.7. The highest BCUT2D eigenvalue weighted by atomic mass is 19.3. The lowest BCUT2D eigenvalue weighted by atomic mass is 10.2. The van der Waals surface area contributed by atoms with Crippen LogP contribution in [0.3, 0.4) is 0 Å². The van der Waals surface area contributed by atoms with Crippen LogP contribution < -0.4 is 5.48 Å². The predicted octanol–water partition coefficient (Wildman–Crippen LogP) is 1.26. The quantitative estimate of drug-likeness (QED) is 0.578. The maximum atomic E-state index is 12.7. The first-order valence-corrected chi connectivity index (χ1v) is 4.70. The Morgan fingerprint density at radius 3 is 2.60 bits per heavy atom. The highest BCUT2D eigenvalue weighted by molar-refractivity contribution is 5.79. The maximum absolute atomic E-state index is 12.7. The van der Waals surface area contributed by atoms with Gasteiger partial charge in [0.2, 0.25) is 0 Å². The van der Waals surface area contributed by atoms with E-state index in [0.29, 0.717) is 0 Å². The third-order valence-electron chi connectivity index (χ3n) is 1.75. The molecule has 1 fully saturated rings. The van der Waals surface area contributed by atoms with Gasteiger partial charge in [-0.15, -0.1) is 0 Å². The van der Waals surface area contributed by atoms with Crippen molar-refractivity contribution in [1.29, 1.82) is 0 Å². The summed E-state index contributed by atoms with van der Waals surface area (Å²) in [5, 5.41) is 0. The van der Waals surface area contributed by atoms with Crippen molar-refractivity contribution in [1.82, 2.24) is 5.48 Å². The molecule has 6 heteroatoms. The number of nitrogens with one attached hydrogen (secondary N) is 1. The Labute approximate surface area is 86.9 Å². The third-order valence-corrected chi connectivity index (χ3v) is 1.75. The van der Waals surface area contributed by atoms with Gasteiger partial charge < -0.3 is 4.74 Å². The van der Waals surface area contributed by atoms with Crippen molar-refractivity contribution in [2.24, 2.45) is 0 Å². The maximum Gasteiger partial charge on any atom is 0.377 e. The first-order valence-electron chi connectivity index (χ1n) is 4.70. The van der Waals surface area contributed by atoms with E-state index in [0.717, 1.165) is 0 Å². The van der Waals surface area contributed by atoms with E-state index in [4.69, 9.17) is 4.84 Å². The van der Waals surface area contributed by atoms with Crippen LogP contribution in [0.25, 0.3) is 0 Å². The normalized spacial score (nSPS) is 25.4. The fourth-order valence-corrected chi connectivity index (χ4v) is 1.11. The lowest BCUT2D eigenvalue weighted by Crippen LogP contribution is -2.34. The molecule has 1 rings (SSSR count). The minimum atomic E-state index is -3.35. The monoisotopic (exact) mass is 223 g/mol.